The van der Waals surface area contributed by atoms with Gasteiger partial charge in [-0.05, 0) is 92.3 Å². The van der Waals surface area contributed by atoms with Gasteiger partial charge in [0, 0.05) is 6.42 Å². The molecular weight excluding hydrogens is 320 g/mol. The molecule has 2 heteroatoms. The van der Waals surface area contributed by atoms with E-state index in [1.807, 2.05) is 5.57 Å². The smallest absolute Gasteiger partial charge is 0.305 e. The SMILES string of the molecule is COC(=O)CC[C@@H](C)C1CC[C@H]2C3CCC4CCCCC4(C)C3=CCC12. The van der Waals surface area contributed by atoms with Gasteiger partial charge in [0.05, 0.1) is 7.11 Å². The summed E-state index contributed by atoms with van der Waals surface area (Å²) in [6, 6.07) is 0. The Morgan fingerprint density at radius 3 is 2.85 bits per heavy atom. The molecule has 0 radical (unpaired) electrons. The lowest BCUT2D eigenvalue weighted by atomic mass is 9.51. The van der Waals surface area contributed by atoms with Crippen LogP contribution in [0.15, 0.2) is 11.6 Å². The van der Waals surface area contributed by atoms with Crippen molar-refractivity contribution < 1.29 is 9.53 Å². The van der Waals surface area contributed by atoms with E-state index in [-0.39, 0.29) is 5.97 Å². The van der Waals surface area contributed by atoms with Crippen LogP contribution in [0.5, 0.6) is 0 Å². The topological polar surface area (TPSA) is 26.3 Å². The maximum Gasteiger partial charge on any atom is 0.305 e. The summed E-state index contributed by atoms with van der Waals surface area (Å²) in [7, 11) is 1.51. The summed E-state index contributed by atoms with van der Waals surface area (Å²) in [5.41, 5.74) is 2.42. The van der Waals surface area contributed by atoms with E-state index in [0.29, 0.717) is 17.8 Å². The number of allylic oxidation sites excluding steroid dienone is 2. The first-order valence-electron chi connectivity index (χ1n) is 11.3. The number of esters is 1. The summed E-state index contributed by atoms with van der Waals surface area (Å²) in [5, 5.41) is 0. The van der Waals surface area contributed by atoms with Gasteiger partial charge in [0.25, 0.3) is 0 Å². The highest BCUT2D eigenvalue weighted by atomic mass is 16.5. The molecule has 5 unspecified atom stereocenters. The Bertz CT molecular complexity index is 565. The number of carbonyl (C=O) groups is 1. The molecule has 0 saturated heterocycles. The Kier molecular flexibility index (Phi) is 5.23. The average molecular weight is 359 g/mol. The predicted octanol–water partition coefficient (Wildman–Crippen LogP) is 6.15. The highest BCUT2D eigenvalue weighted by Crippen LogP contribution is 2.62. The largest absolute Gasteiger partial charge is 0.469 e. The average Bonchev–Trinajstić information content (AvgIpc) is 3.09. The molecule has 0 aromatic heterocycles. The molecule has 0 bridgehead atoms. The van der Waals surface area contributed by atoms with Gasteiger partial charge in [-0.25, -0.2) is 0 Å². The molecule has 2 nitrogen and oxygen atoms in total. The maximum absolute atomic E-state index is 11.5. The van der Waals surface area contributed by atoms with Gasteiger partial charge >= 0.3 is 5.97 Å². The second kappa shape index (κ2) is 7.32. The zero-order valence-electron chi connectivity index (χ0n) is 17.1. The summed E-state index contributed by atoms with van der Waals surface area (Å²) in [6.45, 7) is 5.00. The monoisotopic (exact) mass is 358 g/mol. The molecule has 0 spiro atoms. The zero-order valence-corrected chi connectivity index (χ0v) is 17.1. The van der Waals surface area contributed by atoms with E-state index in [1.54, 1.807) is 0 Å². The van der Waals surface area contributed by atoms with E-state index < -0.39 is 0 Å². The number of hydrogen-bond donors (Lipinski definition) is 0. The third-order valence-corrected chi connectivity index (χ3v) is 9.11. The number of hydrogen-bond acceptors (Lipinski definition) is 2. The lowest BCUT2D eigenvalue weighted by Crippen LogP contribution is -2.44. The molecule has 3 fully saturated rings. The summed E-state index contributed by atoms with van der Waals surface area (Å²) in [4.78, 5) is 11.5. The van der Waals surface area contributed by atoms with Crippen LogP contribution in [0.1, 0.15) is 84.5 Å². The first-order chi connectivity index (χ1) is 12.5. The third kappa shape index (κ3) is 3.06. The number of carbonyl (C=O) groups excluding carboxylic acids is 1. The van der Waals surface area contributed by atoms with Gasteiger partial charge in [-0.15, -0.1) is 0 Å². The van der Waals surface area contributed by atoms with E-state index in [0.717, 1.165) is 36.0 Å². The molecule has 0 amide bonds. The van der Waals surface area contributed by atoms with Gasteiger partial charge in [0.2, 0.25) is 0 Å². The molecule has 146 valence electrons. The second-order valence-corrected chi connectivity index (χ2v) is 10.1. The van der Waals surface area contributed by atoms with Crippen LogP contribution in [-0.2, 0) is 9.53 Å². The van der Waals surface area contributed by atoms with Crippen LogP contribution in [0.2, 0.25) is 0 Å². The van der Waals surface area contributed by atoms with Gasteiger partial charge in [-0.1, -0.05) is 38.3 Å². The van der Waals surface area contributed by atoms with E-state index >= 15 is 0 Å². The minimum Gasteiger partial charge on any atom is -0.469 e. The van der Waals surface area contributed by atoms with Crippen molar-refractivity contribution in [2.24, 2.45) is 40.9 Å². The molecule has 4 aliphatic carbocycles. The van der Waals surface area contributed by atoms with Crippen molar-refractivity contribution in [3.05, 3.63) is 11.6 Å². The standard InChI is InChI=1S/C24H38O2/c1-16(7-14-23(25)26-3)18-10-11-20-19(18)12-13-22-21(20)9-8-17-6-4-5-15-24(17,22)2/h13,16-21H,4-12,14-15H2,1-3H3/t16-,17?,18?,19?,20-,21?,24?/m1/s1. The molecule has 0 aromatic rings. The molecular formula is C24H38O2. The number of methoxy groups -OCH3 is 1. The Hall–Kier alpha value is -0.790. The molecule has 26 heavy (non-hydrogen) atoms. The third-order valence-electron chi connectivity index (χ3n) is 9.11. The van der Waals surface area contributed by atoms with Gasteiger partial charge in [0.15, 0.2) is 0 Å². The second-order valence-electron chi connectivity index (χ2n) is 10.1. The van der Waals surface area contributed by atoms with Crippen molar-refractivity contribution in [3.63, 3.8) is 0 Å². The molecule has 3 saturated carbocycles. The highest BCUT2D eigenvalue weighted by molar-refractivity contribution is 5.69. The van der Waals surface area contributed by atoms with Crippen LogP contribution in [-0.4, -0.2) is 13.1 Å². The Labute approximate surface area is 160 Å². The maximum atomic E-state index is 11.5. The van der Waals surface area contributed by atoms with Gasteiger partial charge in [0.1, 0.15) is 0 Å². The van der Waals surface area contributed by atoms with Gasteiger partial charge in [-0.3, -0.25) is 4.79 Å². The first-order valence-corrected chi connectivity index (χ1v) is 11.3. The zero-order chi connectivity index (χ0) is 18.3. The molecule has 0 N–H and O–H groups in total. The minimum atomic E-state index is -0.0410. The van der Waals surface area contributed by atoms with E-state index in [9.17, 15) is 4.79 Å². The first kappa shape index (κ1) is 18.6. The van der Waals surface area contributed by atoms with Crippen LogP contribution in [0.25, 0.3) is 0 Å². The molecule has 0 heterocycles. The summed E-state index contributed by atoms with van der Waals surface area (Å²) in [6.07, 6.45) is 17.2. The summed E-state index contributed by atoms with van der Waals surface area (Å²) < 4.78 is 4.85. The van der Waals surface area contributed by atoms with Crippen LogP contribution in [0.4, 0.5) is 0 Å². The lowest BCUT2D eigenvalue weighted by Gasteiger charge is -2.54. The Balaban J connectivity index is 1.48. The van der Waals surface area contributed by atoms with Crippen molar-refractivity contribution in [2.75, 3.05) is 7.11 Å². The fourth-order valence-corrected chi connectivity index (χ4v) is 7.65. The Morgan fingerprint density at radius 1 is 1.19 bits per heavy atom. The molecule has 4 aliphatic rings. The number of fused-ring (bicyclic) bond motifs is 5. The fraction of sp³-hybridized carbons (Fsp3) is 0.875. The van der Waals surface area contributed by atoms with E-state index in [1.165, 1.54) is 64.9 Å². The fourth-order valence-electron chi connectivity index (χ4n) is 7.65. The van der Waals surface area contributed by atoms with Gasteiger partial charge < -0.3 is 4.74 Å². The minimum absolute atomic E-state index is 0.0410. The predicted molar refractivity (Wildman–Crippen MR) is 106 cm³/mol. The van der Waals surface area contributed by atoms with Gasteiger partial charge in [-0.2, -0.15) is 0 Å². The van der Waals surface area contributed by atoms with Crippen LogP contribution < -0.4 is 0 Å². The van der Waals surface area contributed by atoms with E-state index in [4.69, 9.17) is 4.74 Å². The number of ether oxygens (including phenoxy) is 1. The summed E-state index contributed by atoms with van der Waals surface area (Å²) in [5.74, 6) is 5.08. The van der Waals surface area contributed by atoms with Crippen molar-refractivity contribution in [1.82, 2.24) is 0 Å². The molecule has 7 atom stereocenters. The quantitative estimate of drug-likeness (QED) is 0.445. The van der Waals surface area contributed by atoms with Crippen molar-refractivity contribution in [3.8, 4) is 0 Å². The van der Waals surface area contributed by atoms with Crippen LogP contribution >= 0.6 is 0 Å². The summed E-state index contributed by atoms with van der Waals surface area (Å²) >= 11 is 0. The van der Waals surface area contributed by atoms with Crippen molar-refractivity contribution >= 4 is 5.97 Å². The molecule has 4 rings (SSSR count). The van der Waals surface area contributed by atoms with E-state index in [2.05, 4.69) is 19.9 Å². The Morgan fingerprint density at radius 2 is 2.04 bits per heavy atom. The molecule has 0 aromatic carbocycles. The number of rotatable bonds is 4. The highest BCUT2D eigenvalue weighted by Gasteiger charge is 2.52. The lowest BCUT2D eigenvalue weighted by molar-refractivity contribution is -0.141. The van der Waals surface area contributed by atoms with Crippen LogP contribution in [0, 0.1) is 40.9 Å². The van der Waals surface area contributed by atoms with Crippen LogP contribution in [0.3, 0.4) is 0 Å². The normalized spacial score (nSPS) is 42.9. The molecule has 0 aliphatic heterocycles. The van der Waals surface area contributed by atoms with Crippen molar-refractivity contribution in [2.45, 2.75) is 84.5 Å². The van der Waals surface area contributed by atoms with Crippen molar-refractivity contribution in [1.29, 1.82) is 0 Å².